The van der Waals surface area contributed by atoms with Gasteiger partial charge in [-0.2, -0.15) is 5.10 Å². The maximum atomic E-state index is 5.62. The van der Waals surface area contributed by atoms with Crippen molar-refractivity contribution in [2.75, 3.05) is 13.2 Å². The van der Waals surface area contributed by atoms with Crippen molar-refractivity contribution in [2.45, 2.75) is 13.8 Å². The van der Waals surface area contributed by atoms with Crippen molar-refractivity contribution in [3.63, 3.8) is 0 Å². The lowest BCUT2D eigenvalue weighted by Gasteiger charge is -2.06. The molecular formula is C17H18N2O2. The van der Waals surface area contributed by atoms with E-state index in [-0.39, 0.29) is 0 Å². The summed E-state index contributed by atoms with van der Waals surface area (Å²) in [4.78, 5) is 0. The summed E-state index contributed by atoms with van der Waals surface area (Å²) < 4.78 is 11.1. The van der Waals surface area contributed by atoms with Gasteiger partial charge >= 0.3 is 0 Å². The fourth-order valence-corrected chi connectivity index (χ4v) is 2.71. The van der Waals surface area contributed by atoms with Crippen LogP contribution in [0.1, 0.15) is 25.0 Å². The number of hydrazone groups is 1. The molecule has 0 bridgehead atoms. The Bertz CT molecular complexity index is 650. The van der Waals surface area contributed by atoms with Crippen molar-refractivity contribution in [3.05, 3.63) is 47.5 Å². The molecule has 0 radical (unpaired) electrons. The summed E-state index contributed by atoms with van der Waals surface area (Å²) in [6.45, 7) is 5.20. The SMILES string of the molecule is CCOc1ccc2c(c1)C(=NN)c1cc(OCC)ccc1-2. The lowest BCUT2D eigenvalue weighted by atomic mass is 10.1. The number of hydrogen-bond donors (Lipinski definition) is 1. The van der Waals surface area contributed by atoms with Crippen LogP contribution >= 0.6 is 0 Å². The maximum absolute atomic E-state index is 5.62. The molecule has 108 valence electrons. The molecule has 21 heavy (non-hydrogen) atoms. The second kappa shape index (κ2) is 5.48. The highest BCUT2D eigenvalue weighted by molar-refractivity contribution is 6.24. The molecule has 3 rings (SSSR count). The number of nitrogens with two attached hydrogens (primary N) is 1. The van der Waals surface area contributed by atoms with Crippen LogP contribution in [-0.4, -0.2) is 18.9 Å². The summed E-state index contributed by atoms with van der Waals surface area (Å²) in [5.74, 6) is 7.28. The highest BCUT2D eigenvalue weighted by Gasteiger charge is 2.26. The van der Waals surface area contributed by atoms with E-state index in [0.29, 0.717) is 13.2 Å². The summed E-state index contributed by atoms with van der Waals surface area (Å²) in [6, 6.07) is 12.0. The summed E-state index contributed by atoms with van der Waals surface area (Å²) in [5.41, 5.74) is 5.05. The Kier molecular flexibility index (Phi) is 3.52. The van der Waals surface area contributed by atoms with E-state index in [1.54, 1.807) is 0 Å². The lowest BCUT2D eigenvalue weighted by molar-refractivity contribution is 0.340. The molecule has 4 nitrogen and oxygen atoms in total. The van der Waals surface area contributed by atoms with Crippen LogP contribution in [0.25, 0.3) is 11.1 Å². The first-order chi connectivity index (χ1) is 10.3. The number of hydrogen-bond acceptors (Lipinski definition) is 4. The van der Waals surface area contributed by atoms with Crippen LogP contribution in [0.15, 0.2) is 41.5 Å². The van der Waals surface area contributed by atoms with E-state index in [9.17, 15) is 0 Å². The summed E-state index contributed by atoms with van der Waals surface area (Å²) in [7, 11) is 0. The van der Waals surface area contributed by atoms with Crippen LogP contribution in [0.2, 0.25) is 0 Å². The lowest BCUT2D eigenvalue weighted by Crippen LogP contribution is -2.03. The molecule has 0 heterocycles. The van der Waals surface area contributed by atoms with Crippen LogP contribution in [0.4, 0.5) is 0 Å². The van der Waals surface area contributed by atoms with Gasteiger partial charge in [0.1, 0.15) is 11.5 Å². The van der Waals surface area contributed by atoms with Gasteiger partial charge in [-0.25, -0.2) is 0 Å². The van der Waals surface area contributed by atoms with Gasteiger partial charge in [-0.15, -0.1) is 0 Å². The molecule has 4 heteroatoms. The fraction of sp³-hybridized carbons (Fsp3) is 0.235. The minimum atomic E-state index is 0.634. The first kappa shape index (κ1) is 13.5. The van der Waals surface area contributed by atoms with Crippen LogP contribution in [0.3, 0.4) is 0 Å². The largest absolute Gasteiger partial charge is 0.494 e. The van der Waals surface area contributed by atoms with E-state index in [1.165, 1.54) is 0 Å². The maximum Gasteiger partial charge on any atom is 0.119 e. The van der Waals surface area contributed by atoms with Crippen molar-refractivity contribution in [3.8, 4) is 22.6 Å². The third kappa shape index (κ3) is 2.23. The normalized spacial score (nSPS) is 11.8. The highest BCUT2D eigenvalue weighted by atomic mass is 16.5. The molecule has 1 aliphatic carbocycles. The van der Waals surface area contributed by atoms with E-state index in [1.807, 2.05) is 38.1 Å². The minimum Gasteiger partial charge on any atom is -0.494 e. The molecule has 0 saturated heterocycles. The highest BCUT2D eigenvalue weighted by Crippen LogP contribution is 2.40. The number of nitrogens with zero attached hydrogens (tertiary/aromatic N) is 1. The molecule has 0 atom stereocenters. The molecule has 2 aromatic rings. The molecule has 0 saturated carbocycles. The van der Waals surface area contributed by atoms with Gasteiger partial charge in [0.2, 0.25) is 0 Å². The van der Waals surface area contributed by atoms with E-state index < -0.39 is 0 Å². The van der Waals surface area contributed by atoms with Crippen molar-refractivity contribution < 1.29 is 9.47 Å². The molecule has 0 unspecified atom stereocenters. The van der Waals surface area contributed by atoms with Crippen LogP contribution in [-0.2, 0) is 0 Å². The van der Waals surface area contributed by atoms with Gasteiger partial charge < -0.3 is 15.3 Å². The minimum absolute atomic E-state index is 0.634. The standard InChI is InChI=1S/C17H18N2O2/c1-3-20-11-5-7-13-14-8-6-12(21-4-2)10-16(14)17(19-18)15(13)9-11/h5-10H,3-4,18H2,1-2H3. The zero-order valence-corrected chi connectivity index (χ0v) is 12.2. The number of benzene rings is 2. The van der Waals surface area contributed by atoms with Gasteiger partial charge in [0.15, 0.2) is 0 Å². The summed E-state index contributed by atoms with van der Waals surface area (Å²) >= 11 is 0. The van der Waals surface area contributed by atoms with Gasteiger partial charge in [0.25, 0.3) is 0 Å². The molecule has 0 amide bonds. The average molecular weight is 282 g/mol. The molecule has 0 aromatic heterocycles. The van der Waals surface area contributed by atoms with Crippen LogP contribution in [0.5, 0.6) is 11.5 Å². The molecule has 0 fully saturated rings. The third-order valence-electron chi connectivity index (χ3n) is 3.53. The Labute approximate surface area is 124 Å². The van der Waals surface area contributed by atoms with Gasteiger partial charge in [-0.3, -0.25) is 0 Å². The third-order valence-corrected chi connectivity index (χ3v) is 3.53. The van der Waals surface area contributed by atoms with E-state index >= 15 is 0 Å². The zero-order chi connectivity index (χ0) is 14.8. The monoisotopic (exact) mass is 282 g/mol. The van der Waals surface area contributed by atoms with Crippen molar-refractivity contribution in [1.82, 2.24) is 0 Å². The molecular weight excluding hydrogens is 264 g/mol. The Balaban J connectivity index is 2.12. The quantitative estimate of drug-likeness (QED) is 0.590. The predicted molar refractivity (Wildman–Crippen MR) is 84.0 cm³/mol. The van der Waals surface area contributed by atoms with Gasteiger partial charge in [0, 0.05) is 11.1 Å². The van der Waals surface area contributed by atoms with Crippen LogP contribution in [0, 0.1) is 0 Å². The Morgan fingerprint density at radius 3 is 1.67 bits per heavy atom. The molecule has 1 aliphatic rings. The molecule has 0 spiro atoms. The van der Waals surface area contributed by atoms with E-state index in [0.717, 1.165) is 39.5 Å². The van der Waals surface area contributed by atoms with E-state index in [4.69, 9.17) is 15.3 Å². The predicted octanol–water partition coefficient (Wildman–Crippen LogP) is 3.18. The second-order valence-corrected chi connectivity index (χ2v) is 4.76. The van der Waals surface area contributed by atoms with Crippen molar-refractivity contribution in [1.29, 1.82) is 0 Å². The number of rotatable bonds is 4. The molecule has 0 aliphatic heterocycles. The molecule has 2 N–H and O–H groups in total. The van der Waals surface area contributed by atoms with E-state index in [2.05, 4.69) is 17.2 Å². The summed E-state index contributed by atoms with van der Waals surface area (Å²) in [5, 5.41) is 3.98. The number of ether oxygens (including phenoxy) is 2. The van der Waals surface area contributed by atoms with Gasteiger partial charge in [-0.05, 0) is 61.4 Å². The van der Waals surface area contributed by atoms with Gasteiger partial charge in [0.05, 0.1) is 18.9 Å². The molecule has 2 aromatic carbocycles. The Morgan fingerprint density at radius 1 is 0.810 bits per heavy atom. The number of fused-ring (bicyclic) bond motifs is 3. The Morgan fingerprint density at radius 2 is 1.29 bits per heavy atom. The smallest absolute Gasteiger partial charge is 0.119 e. The zero-order valence-electron chi connectivity index (χ0n) is 12.2. The summed E-state index contributed by atoms with van der Waals surface area (Å²) in [6.07, 6.45) is 0. The van der Waals surface area contributed by atoms with Crippen molar-refractivity contribution >= 4 is 5.71 Å². The fourth-order valence-electron chi connectivity index (χ4n) is 2.71. The average Bonchev–Trinajstić information content (AvgIpc) is 2.80. The second-order valence-electron chi connectivity index (χ2n) is 4.76. The first-order valence-electron chi connectivity index (χ1n) is 7.11. The van der Waals surface area contributed by atoms with Crippen molar-refractivity contribution in [2.24, 2.45) is 10.9 Å². The van der Waals surface area contributed by atoms with Crippen LogP contribution < -0.4 is 15.3 Å². The topological polar surface area (TPSA) is 56.8 Å². The Hall–Kier alpha value is -2.49. The first-order valence-corrected chi connectivity index (χ1v) is 7.11. The van der Waals surface area contributed by atoms with Gasteiger partial charge in [-0.1, -0.05) is 0 Å².